The number of amides is 3. The summed E-state index contributed by atoms with van der Waals surface area (Å²) in [5, 5.41) is 5.36. The molecular formula is C16H25N3O3. The maximum atomic E-state index is 12.4. The topological polar surface area (TPSA) is 101 Å². The van der Waals surface area contributed by atoms with Crippen molar-refractivity contribution in [2.75, 3.05) is 0 Å². The van der Waals surface area contributed by atoms with Crippen LogP contribution in [0.2, 0.25) is 0 Å². The van der Waals surface area contributed by atoms with E-state index in [0.29, 0.717) is 12.0 Å². The van der Waals surface area contributed by atoms with E-state index >= 15 is 0 Å². The zero-order valence-electron chi connectivity index (χ0n) is 13.6. The van der Waals surface area contributed by atoms with Crippen molar-refractivity contribution in [2.24, 2.45) is 17.6 Å². The molecule has 0 aromatic carbocycles. The fourth-order valence-electron chi connectivity index (χ4n) is 2.19. The van der Waals surface area contributed by atoms with Crippen LogP contribution in [0.5, 0.6) is 0 Å². The Morgan fingerprint density at radius 3 is 2.05 bits per heavy atom. The van der Waals surface area contributed by atoms with Crippen LogP contribution in [-0.2, 0) is 14.4 Å². The smallest absolute Gasteiger partial charge is 0.248 e. The molecule has 0 spiro atoms. The standard InChI is InChI=1S/C16H25N3O3/c1-9(2)12(14(17)20)18-16(22)13(10(3)4)19-15(21)11-7-5-6-8-11/h5-7,9-10,12-13H,8H2,1-4H3,(H2,17,20)(H,18,22)(H,19,21). The van der Waals surface area contributed by atoms with Crippen LogP contribution in [0.4, 0.5) is 0 Å². The highest BCUT2D eigenvalue weighted by Crippen LogP contribution is 2.12. The number of carbonyl (C=O) groups excluding carboxylic acids is 3. The highest BCUT2D eigenvalue weighted by Gasteiger charge is 2.29. The Labute approximate surface area is 131 Å². The molecule has 0 fully saturated rings. The van der Waals surface area contributed by atoms with E-state index in [1.54, 1.807) is 26.0 Å². The van der Waals surface area contributed by atoms with E-state index in [-0.39, 0.29) is 17.7 Å². The number of nitrogens with two attached hydrogens (primary N) is 1. The van der Waals surface area contributed by atoms with Gasteiger partial charge >= 0.3 is 0 Å². The molecule has 1 aliphatic carbocycles. The molecule has 0 bridgehead atoms. The van der Waals surface area contributed by atoms with Crippen LogP contribution in [0.15, 0.2) is 23.8 Å². The van der Waals surface area contributed by atoms with Crippen molar-refractivity contribution < 1.29 is 14.4 Å². The molecule has 0 aromatic rings. The highest BCUT2D eigenvalue weighted by atomic mass is 16.2. The largest absolute Gasteiger partial charge is 0.368 e. The molecule has 6 nitrogen and oxygen atoms in total. The molecule has 0 aliphatic heterocycles. The van der Waals surface area contributed by atoms with E-state index in [0.717, 1.165) is 0 Å². The average molecular weight is 307 g/mol. The zero-order valence-corrected chi connectivity index (χ0v) is 13.6. The van der Waals surface area contributed by atoms with Gasteiger partial charge in [-0.15, -0.1) is 0 Å². The predicted octanol–water partition coefficient (Wildman–Crippen LogP) is 0.640. The summed E-state index contributed by atoms with van der Waals surface area (Å²) >= 11 is 0. The molecule has 2 atom stereocenters. The fourth-order valence-corrected chi connectivity index (χ4v) is 2.19. The second-order valence-electron chi connectivity index (χ2n) is 6.15. The first-order chi connectivity index (χ1) is 10.2. The van der Waals surface area contributed by atoms with Crippen LogP contribution >= 0.6 is 0 Å². The molecule has 0 saturated heterocycles. The van der Waals surface area contributed by atoms with Gasteiger partial charge in [0, 0.05) is 5.57 Å². The van der Waals surface area contributed by atoms with Gasteiger partial charge in [0.1, 0.15) is 12.1 Å². The Balaban J connectivity index is 2.75. The quantitative estimate of drug-likeness (QED) is 0.643. The van der Waals surface area contributed by atoms with E-state index in [1.807, 2.05) is 19.9 Å². The average Bonchev–Trinajstić information content (AvgIpc) is 2.94. The van der Waals surface area contributed by atoms with Gasteiger partial charge in [-0.1, -0.05) is 45.9 Å². The SMILES string of the molecule is CC(C)C(NC(=O)C(NC(=O)C1=CC=CC1)C(C)C)C(N)=O. The van der Waals surface area contributed by atoms with Gasteiger partial charge in [0.15, 0.2) is 0 Å². The van der Waals surface area contributed by atoms with Gasteiger partial charge in [0.05, 0.1) is 0 Å². The number of carbonyl (C=O) groups is 3. The lowest BCUT2D eigenvalue weighted by Gasteiger charge is -2.26. The minimum atomic E-state index is -0.752. The van der Waals surface area contributed by atoms with E-state index in [1.165, 1.54) is 0 Å². The Morgan fingerprint density at radius 1 is 1.05 bits per heavy atom. The first kappa shape index (κ1) is 17.9. The normalized spacial score (nSPS) is 16.4. The Kier molecular flexibility index (Phi) is 6.34. The van der Waals surface area contributed by atoms with E-state index < -0.39 is 23.9 Å². The predicted molar refractivity (Wildman–Crippen MR) is 84.6 cm³/mol. The summed E-state index contributed by atoms with van der Waals surface area (Å²) in [5.41, 5.74) is 5.92. The summed E-state index contributed by atoms with van der Waals surface area (Å²) in [4.78, 5) is 35.9. The van der Waals surface area contributed by atoms with Gasteiger partial charge in [-0.3, -0.25) is 14.4 Å². The molecule has 0 radical (unpaired) electrons. The van der Waals surface area contributed by atoms with Crippen LogP contribution in [0.3, 0.4) is 0 Å². The Hall–Kier alpha value is -2.11. The summed E-state index contributed by atoms with van der Waals surface area (Å²) < 4.78 is 0. The van der Waals surface area contributed by atoms with E-state index in [2.05, 4.69) is 10.6 Å². The zero-order chi connectivity index (χ0) is 16.9. The van der Waals surface area contributed by atoms with Crippen LogP contribution in [0.1, 0.15) is 34.1 Å². The van der Waals surface area contributed by atoms with Crippen molar-refractivity contribution in [3.63, 3.8) is 0 Å². The van der Waals surface area contributed by atoms with Crippen molar-refractivity contribution >= 4 is 17.7 Å². The van der Waals surface area contributed by atoms with Gasteiger partial charge in [-0.05, 0) is 18.3 Å². The van der Waals surface area contributed by atoms with E-state index in [4.69, 9.17) is 5.73 Å². The lowest BCUT2D eigenvalue weighted by Crippen LogP contribution is -2.56. The fraction of sp³-hybridized carbons (Fsp3) is 0.562. The molecule has 0 saturated carbocycles. The van der Waals surface area contributed by atoms with Crippen molar-refractivity contribution in [3.05, 3.63) is 23.8 Å². The molecule has 3 amide bonds. The maximum absolute atomic E-state index is 12.4. The number of hydrogen-bond donors (Lipinski definition) is 3. The number of nitrogens with one attached hydrogen (secondary N) is 2. The van der Waals surface area contributed by atoms with Crippen LogP contribution in [-0.4, -0.2) is 29.8 Å². The van der Waals surface area contributed by atoms with E-state index in [9.17, 15) is 14.4 Å². The molecule has 1 aliphatic rings. The number of hydrogen-bond acceptors (Lipinski definition) is 3. The molecule has 22 heavy (non-hydrogen) atoms. The minimum Gasteiger partial charge on any atom is -0.368 e. The second kappa shape index (κ2) is 7.77. The summed E-state index contributed by atoms with van der Waals surface area (Å²) in [7, 11) is 0. The van der Waals surface area contributed by atoms with Crippen molar-refractivity contribution in [1.82, 2.24) is 10.6 Å². The lowest BCUT2D eigenvalue weighted by molar-refractivity contribution is -0.132. The monoisotopic (exact) mass is 307 g/mol. The minimum absolute atomic E-state index is 0.111. The van der Waals surface area contributed by atoms with Gasteiger partial charge in [-0.2, -0.15) is 0 Å². The first-order valence-corrected chi connectivity index (χ1v) is 7.50. The van der Waals surface area contributed by atoms with Crippen LogP contribution in [0.25, 0.3) is 0 Å². The number of allylic oxidation sites excluding steroid dienone is 3. The molecule has 4 N–H and O–H groups in total. The van der Waals surface area contributed by atoms with Crippen LogP contribution in [0, 0.1) is 11.8 Å². The van der Waals surface area contributed by atoms with Gasteiger partial charge in [-0.25, -0.2) is 0 Å². The van der Waals surface area contributed by atoms with Gasteiger partial charge < -0.3 is 16.4 Å². The molecule has 1 rings (SSSR count). The third kappa shape index (κ3) is 4.72. The third-order valence-electron chi connectivity index (χ3n) is 3.57. The summed E-state index contributed by atoms with van der Waals surface area (Å²) in [6, 6.07) is -1.47. The van der Waals surface area contributed by atoms with Crippen LogP contribution < -0.4 is 16.4 Å². The number of primary amides is 1. The molecule has 122 valence electrons. The maximum Gasteiger partial charge on any atom is 0.248 e. The van der Waals surface area contributed by atoms with Crippen molar-refractivity contribution in [3.8, 4) is 0 Å². The number of rotatable bonds is 7. The molecule has 0 aromatic heterocycles. The first-order valence-electron chi connectivity index (χ1n) is 7.50. The lowest BCUT2D eigenvalue weighted by atomic mass is 9.99. The molecule has 2 unspecified atom stereocenters. The van der Waals surface area contributed by atoms with Gasteiger partial charge in [0.2, 0.25) is 17.7 Å². The molecule has 6 heteroatoms. The Morgan fingerprint density at radius 2 is 1.64 bits per heavy atom. The summed E-state index contributed by atoms with van der Waals surface area (Å²) in [6.45, 7) is 7.27. The summed E-state index contributed by atoms with van der Waals surface area (Å²) in [6.07, 6.45) is 5.97. The van der Waals surface area contributed by atoms with Crippen molar-refractivity contribution in [1.29, 1.82) is 0 Å². The second-order valence-corrected chi connectivity index (χ2v) is 6.15. The highest BCUT2D eigenvalue weighted by molar-refractivity contribution is 5.98. The summed E-state index contributed by atoms with van der Waals surface area (Å²) in [5.74, 6) is -1.47. The van der Waals surface area contributed by atoms with Crippen molar-refractivity contribution in [2.45, 2.75) is 46.2 Å². The Bertz CT molecular complexity index is 507. The molecular weight excluding hydrogens is 282 g/mol. The van der Waals surface area contributed by atoms with Gasteiger partial charge in [0.25, 0.3) is 0 Å². The molecule has 0 heterocycles. The third-order valence-corrected chi connectivity index (χ3v) is 3.57.